The maximum atomic E-state index is 14.6. The van der Waals surface area contributed by atoms with E-state index in [-0.39, 0.29) is 17.3 Å². The van der Waals surface area contributed by atoms with Crippen molar-refractivity contribution in [1.29, 1.82) is 0 Å². The van der Waals surface area contributed by atoms with E-state index in [2.05, 4.69) is 20.3 Å². The number of amides is 1. The van der Waals surface area contributed by atoms with Gasteiger partial charge in [-0.05, 0) is 43.5 Å². The molecule has 0 bridgehead atoms. The summed E-state index contributed by atoms with van der Waals surface area (Å²) in [4.78, 5) is 24.7. The summed E-state index contributed by atoms with van der Waals surface area (Å²) in [6.45, 7) is 4.99. The number of benzene rings is 2. The number of nitrogens with zero attached hydrogens (tertiary/aromatic N) is 4. The number of primary amides is 1. The molecule has 9 heteroatoms. The molecule has 0 spiro atoms. The molecule has 4 rings (SSSR count). The van der Waals surface area contributed by atoms with Crippen molar-refractivity contribution in [2.45, 2.75) is 26.8 Å². The number of hydrogen-bond donors (Lipinski definition) is 2. The van der Waals surface area contributed by atoms with Gasteiger partial charge in [0.25, 0.3) is 5.91 Å². The monoisotopic (exact) mass is 460 g/mol. The summed E-state index contributed by atoms with van der Waals surface area (Å²) in [7, 11) is 0. The third-order valence-electron chi connectivity index (χ3n) is 5.34. The first-order chi connectivity index (χ1) is 16.4. The van der Waals surface area contributed by atoms with Crippen molar-refractivity contribution < 1.29 is 13.9 Å². The van der Waals surface area contributed by atoms with Gasteiger partial charge in [0.05, 0.1) is 24.2 Å². The van der Waals surface area contributed by atoms with Crippen LogP contribution in [0.15, 0.2) is 61.3 Å². The number of carbonyl (C=O) groups is 1. The van der Waals surface area contributed by atoms with Crippen LogP contribution in [0.3, 0.4) is 0 Å². The fourth-order valence-corrected chi connectivity index (χ4v) is 3.67. The Balaban J connectivity index is 1.50. The van der Waals surface area contributed by atoms with Crippen LogP contribution in [0.25, 0.3) is 11.3 Å². The summed E-state index contributed by atoms with van der Waals surface area (Å²) in [6, 6.07) is 10.4. The molecule has 1 amide bonds. The van der Waals surface area contributed by atoms with Crippen LogP contribution >= 0.6 is 0 Å². The second kappa shape index (κ2) is 10.1. The number of aromatic nitrogens is 4. The second-order valence-corrected chi connectivity index (χ2v) is 7.86. The molecule has 2 heterocycles. The van der Waals surface area contributed by atoms with Crippen molar-refractivity contribution in [2.75, 3.05) is 11.9 Å². The van der Waals surface area contributed by atoms with Crippen LogP contribution in [-0.2, 0) is 6.54 Å². The first-order valence-corrected chi connectivity index (χ1v) is 10.8. The number of nitrogens with one attached hydrogen (secondary N) is 1. The first-order valence-electron chi connectivity index (χ1n) is 10.8. The largest absolute Gasteiger partial charge is 0.490 e. The van der Waals surface area contributed by atoms with Gasteiger partial charge < -0.3 is 20.4 Å². The number of carbonyl (C=O) groups excluding carboxylic acids is 1. The molecule has 0 aliphatic heterocycles. The Morgan fingerprint density at radius 1 is 1.21 bits per heavy atom. The molecule has 0 atom stereocenters. The van der Waals surface area contributed by atoms with Crippen LogP contribution in [0.2, 0.25) is 0 Å². The predicted molar refractivity (Wildman–Crippen MR) is 127 cm³/mol. The summed E-state index contributed by atoms with van der Waals surface area (Å²) in [5.74, 6) is -0.741. The molecular weight excluding hydrogens is 435 g/mol. The molecule has 0 fully saturated rings. The van der Waals surface area contributed by atoms with Gasteiger partial charge in [-0.2, -0.15) is 0 Å². The lowest BCUT2D eigenvalue weighted by Crippen LogP contribution is -2.15. The fraction of sp³-hybridized carbons (Fsp3) is 0.200. The van der Waals surface area contributed by atoms with Crippen molar-refractivity contribution in [3.63, 3.8) is 0 Å². The SMILES string of the molecule is Cc1cccc(C)c1-c1nc(Nc2ccc(OCCCn3ccnc3)c(F)c2)ncc1C(N)=O. The van der Waals surface area contributed by atoms with E-state index in [1.807, 2.05) is 42.8 Å². The standard InChI is InChI=1S/C25H25FN6O2/c1-16-5-3-6-17(2)22(16)23-19(24(27)33)14-29-25(31-23)30-18-7-8-21(20(26)13-18)34-12-4-10-32-11-9-28-15-32/h3,5-9,11,13-15H,4,10,12H2,1-2H3,(H2,27,33)(H,29,30,31). The lowest BCUT2D eigenvalue weighted by atomic mass is 9.97. The molecule has 4 aromatic rings. The van der Waals surface area contributed by atoms with Crippen molar-refractivity contribution in [1.82, 2.24) is 19.5 Å². The normalized spacial score (nSPS) is 10.8. The number of hydrogen-bond acceptors (Lipinski definition) is 6. The van der Waals surface area contributed by atoms with E-state index in [0.29, 0.717) is 18.0 Å². The summed E-state index contributed by atoms with van der Waals surface area (Å²) in [6.07, 6.45) is 7.41. The Hall–Kier alpha value is -4.27. The van der Waals surface area contributed by atoms with Gasteiger partial charge in [-0.15, -0.1) is 0 Å². The van der Waals surface area contributed by atoms with Crippen molar-refractivity contribution >= 4 is 17.5 Å². The fourth-order valence-electron chi connectivity index (χ4n) is 3.67. The predicted octanol–water partition coefficient (Wildman–Crippen LogP) is 4.41. The van der Waals surface area contributed by atoms with Crippen LogP contribution in [0.4, 0.5) is 16.0 Å². The summed E-state index contributed by atoms with van der Waals surface area (Å²) in [5.41, 5.74) is 9.37. The molecular formula is C25H25FN6O2. The molecule has 2 aromatic carbocycles. The van der Waals surface area contributed by atoms with Gasteiger partial charge in [0.15, 0.2) is 11.6 Å². The topological polar surface area (TPSA) is 108 Å². The lowest BCUT2D eigenvalue weighted by molar-refractivity contribution is 0.100. The van der Waals surface area contributed by atoms with Crippen molar-refractivity contribution in [2.24, 2.45) is 5.73 Å². The Morgan fingerprint density at radius 2 is 2.00 bits per heavy atom. The van der Waals surface area contributed by atoms with Crippen molar-refractivity contribution in [3.8, 4) is 17.0 Å². The van der Waals surface area contributed by atoms with Gasteiger partial charge in [0.1, 0.15) is 0 Å². The zero-order valence-corrected chi connectivity index (χ0v) is 19.0. The number of halogens is 1. The summed E-state index contributed by atoms with van der Waals surface area (Å²) in [5, 5.41) is 2.99. The molecule has 0 aliphatic carbocycles. The van der Waals surface area contributed by atoms with E-state index in [4.69, 9.17) is 10.5 Å². The highest BCUT2D eigenvalue weighted by Crippen LogP contribution is 2.30. The maximum Gasteiger partial charge on any atom is 0.252 e. The molecule has 3 N–H and O–H groups in total. The number of rotatable bonds is 9. The quantitative estimate of drug-likeness (QED) is 0.358. The Bertz CT molecular complexity index is 1290. The second-order valence-electron chi connectivity index (χ2n) is 7.86. The minimum atomic E-state index is -0.621. The van der Waals surface area contributed by atoms with Crippen LogP contribution in [0.5, 0.6) is 5.75 Å². The Morgan fingerprint density at radius 3 is 2.68 bits per heavy atom. The van der Waals surface area contributed by atoms with Gasteiger partial charge in [0.2, 0.25) is 5.95 Å². The third kappa shape index (κ3) is 5.20. The van der Waals surface area contributed by atoms with E-state index >= 15 is 0 Å². The van der Waals surface area contributed by atoms with Gasteiger partial charge in [0, 0.05) is 42.5 Å². The molecule has 0 aliphatic rings. The molecule has 174 valence electrons. The summed E-state index contributed by atoms with van der Waals surface area (Å²) >= 11 is 0. The van der Waals surface area contributed by atoms with E-state index in [1.54, 1.807) is 24.7 Å². The number of aryl methyl sites for hydroxylation is 3. The minimum absolute atomic E-state index is 0.164. The van der Waals surface area contributed by atoms with E-state index in [9.17, 15) is 9.18 Å². The first kappa shape index (κ1) is 22.9. The van der Waals surface area contributed by atoms with Crippen LogP contribution in [-0.4, -0.2) is 32.0 Å². The highest BCUT2D eigenvalue weighted by atomic mass is 19.1. The lowest BCUT2D eigenvalue weighted by Gasteiger charge is -2.14. The smallest absolute Gasteiger partial charge is 0.252 e. The summed E-state index contributed by atoms with van der Waals surface area (Å²) < 4.78 is 22.1. The van der Waals surface area contributed by atoms with E-state index < -0.39 is 11.7 Å². The highest BCUT2D eigenvalue weighted by Gasteiger charge is 2.17. The molecule has 34 heavy (non-hydrogen) atoms. The van der Waals surface area contributed by atoms with Gasteiger partial charge >= 0.3 is 0 Å². The molecule has 0 saturated heterocycles. The van der Waals surface area contributed by atoms with Gasteiger partial charge in [-0.3, -0.25) is 4.79 Å². The average Bonchev–Trinajstić information content (AvgIpc) is 3.31. The number of ether oxygens (including phenoxy) is 1. The minimum Gasteiger partial charge on any atom is -0.490 e. The van der Waals surface area contributed by atoms with E-state index in [0.717, 1.165) is 29.7 Å². The number of imidazole rings is 1. The van der Waals surface area contributed by atoms with Gasteiger partial charge in [-0.25, -0.2) is 19.3 Å². The van der Waals surface area contributed by atoms with E-state index in [1.165, 1.54) is 12.3 Å². The zero-order chi connectivity index (χ0) is 24.1. The molecule has 0 saturated carbocycles. The third-order valence-corrected chi connectivity index (χ3v) is 5.34. The van der Waals surface area contributed by atoms with Crippen LogP contribution in [0, 0.1) is 19.7 Å². The highest BCUT2D eigenvalue weighted by molar-refractivity contribution is 5.99. The zero-order valence-electron chi connectivity index (χ0n) is 19.0. The van der Waals surface area contributed by atoms with Gasteiger partial charge in [-0.1, -0.05) is 18.2 Å². The van der Waals surface area contributed by atoms with Crippen molar-refractivity contribution in [3.05, 3.63) is 83.8 Å². The molecule has 0 radical (unpaired) electrons. The van der Waals surface area contributed by atoms with Crippen LogP contribution in [0.1, 0.15) is 27.9 Å². The Labute approximate surface area is 196 Å². The Kier molecular flexibility index (Phi) is 6.82. The maximum absolute atomic E-state index is 14.6. The number of anilines is 2. The molecule has 0 unspecified atom stereocenters. The number of nitrogens with two attached hydrogens (primary N) is 1. The average molecular weight is 461 g/mol. The van der Waals surface area contributed by atoms with Crippen LogP contribution < -0.4 is 15.8 Å². The molecule has 8 nitrogen and oxygen atoms in total. The molecule has 2 aromatic heterocycles.